The molecule has 1 heterocycles. The first kappa shape index (κ1) is 10.6. The van der Waals surface area contributed by atoms with Crippen molar-refractivity contribution in [3.05, 3.63) is 66.5 Å². The number of phenolic OH excluding ortho intramolecular Hbond substituents is 1. The number of rotatable bonds is 1. The van der Waals surface area contributed by atoms with Crippen molar-refractivity contribution >= 4 is 16.7 Å². The fraction of sp³-hybridized carbons (Fsp3) is 0. The molecular weight excluding hydrogens is 226 g/mol. The fourth-order valence-corrected chi connectivity index (χ4v) is 1.99. The molecule has 0 atom stereocenters. The molecule has 0 unspecified atom stereocenters. The Bertz CT molecular complexity index is 695. The highest BCUT2D eigenvalue weighted by Crippen LogP contribution is 2.20. The van der Waals surface area contributed by atoms with Gasteiger partial charge in [0, 0.05) is 12.4 Å². The van der Waals surface area contributed by atoms with E-state index in [0.29, 0.717) is 5.56 Å². The zero-order valence-corrected chi connectivity index (χ0v) is 9.58. The van der Waals surface area contributed by atoms with Crippen molar-refractivity contribution < 1.29 is 9.90 Å². The van der Waals surface area contributed by atoms with E-state index in [1.807, 2.05) is 24.3 Å². The van der Waals surface area contributed by atoms with Crippen LogP contribution in [0.1, 0.15) is 10.4 Å². The minimum absolute atomic E-state index is 0.000237. The third-order valence-electron chi connectivity index (χ3n) is 2.92. The minimum atomic E-state index is -0.232. The van der Waals surface area contributed by atoms with Gasteiger partial charge in [0.05, 0.1) is 5.56 Å². The molecule has 0 aliphatic heterocycles. The lowest BCUT2D eigenvalue weighted by Crippen LogP contribution is -2.09. The van der Waals surface area contributed by atoms with Crippen molar-refractivity contribution in [2.45, 2.75) is 0 Å². The number of aromatic hydroxyl groups is 1. The van der Waals surface area contributed by atoms with E-state index in [1.165, 1.54) is 10.6 Å². The number of fused-ring (bicyclic) bond motifs is 1. The van der Waals surface area contributed by atoms with E-state index in [-0.39, 0.29) is 11.7 Å². The number of carbonyl (C=O) groups is 1. The van der Waals surface area contributed by atoms with Crippen LogP contribution in [0.25, 0.3) is 10.8 Å². The van der Waals surface area contributed by atoms with Gasteiger partial charge in [-0.3, -0.25) is 9.36 Å². The molecule has 3 heteroatoms. The van der Waals surface area contributed by atoms with Crippen LogP contribution in [0.3, 0.4) is 0 Å². The normalized spacial score (nSPS) is 10.7. The van der Waals surface area contributed by atoms with Crippen LogP contribution in [-0.4, -0.2) is 15.6 Å². The van der Waals surface area contributed by atoms with Gasteiger partial charge in [-0.15, -0.1) is 0 Å². The molecule has 0 aliphatic carbocycles. The van der Waals surface area contributed by atoms with Crippen molar-refractivity contribution in [2.24, 2.45) is 0 Å². The second kappa shape index (κ2) is 4.04. The third-order valence-corrected chi connectivity index (χ3v) is 2.92. The molecular formula is C15H11NO2. The van der Waals surface area contributed by atoms with Gasteiger partial charge >= 0.3 is 0 Å². The van der Waals surface area contributed by atoms with Gasteiger partial charge < -0.3 is 5.11 Å². The third kappa shape index (κ3) is 1.66. The van der Waals surface area contributed by atoms with Gasteiger partial charge in [0.2, 0.25) is 0 Å². The predicted octanol–water partition coefficient (Wildman–Crippen LogP) is 3.04. The molecule has 0 saturated carbocycles. The van der Waals surface area contributed by atoms with E-state index in [9.17, 15) is 9.90 Å². The molecule has 1 aromatic heterocycles. The average Bonchev–Trinajstić information content (AvgIpc) is 2.82. The first-order chi connectivity index (χ1) is 8.75. The molecule has 2 aromatic carbocycles. The number of para-hydroxylation sites is 1. The Balaban J connectivity index is 2.10. The molecule has 0 amide bonds. The summed E-state index contributed by atoms with van der Waals surface area (Å²) in [5.41, 5.74) is 0.304. The smallest absolute Gasteiger partial charge is 0.265 e. The largest absolute Gasteiger partial charge is 0.507 e. The van der Waals surface area contributed by atoms with E-state index >= 15 is 0 Å². The molecule has 3 rings (SSSR count). The van der Waals surface area contributed by atoms with Gasteiger partial charge in [-0.1, -0.05) is 36.4 Å². The number of hydrogen-bond donors (Lipinski definition) is 1. The van der Waals surface area contributed by atoms with Gasteiger partial charge in [-0.25, -0.2) is 0 Å². The summed E-state index contributed by atoms with van der Waals surface area (Å²) in [6.45, 7) is 0. The van der Waals surface area contributed by atoms with Crippen LogP contribution in [0.5, 0.6) is 5.75 Å². The maximum Gasteiger partial charge on any atom is 0.265 e. The van der Waals surface area contributed by atoms with Crippen LogP contribution in [0, 0.1) is 0 Å². The molecule has 0 spiro atoms. The van der Waals surface area contributed by atoms with E-state index in [0.717, 1.165) is 10.8 Å². The standard InChI is InChI=1S/C15H11NO2/c17-14-8-4-3-7-13(14)15(18)16-9-11-5-1-2-6-12(11)10-16/h1-10,17H. The SMILES string of the molecule is O=C(c1ccccc1O)n1cc2ccccc2c1. The second-order valence-corrected chi connectivity index (χ2v) is 4.12. The van der Waals surface area contributed by atoms with E-state index in [2.05, 4.69) is 0 Å². The first-order valence-corrected chi connectivity index (χ1v) is 5.65. The molecule has 0 saturated heterocycles. The average molecular weight is 237 g/mol. The highest BCUT2D eigenvalue weighted by atomic mass is 16.3. The van der Waals surface area contributed by atoms with E-state index in [1.54, 1.807) is 30.6 Å². The van der Waals surface area contributed by atoms with Crippen LogP contribution >= 0.6 is 0 Å². The van der Waals surface area contributed by atoms with Gasteiger partial charge in [0.25, 0.3) is 5.91 Å². The Morgan fingerprint density at radius 1 is 0.889 bits per heavy atom. The Morgan fingerprint density at radius 2 is 1.44 bits per heavy atom. The van der Waals surface area contributed by atoms with E-state index < -0.39 is 0 Å². The maximum atomic E-state index is 12.2. The number of nitrogens with zero attached hydrogens (tertiary/aromatic N) is 1. The molecule has 3 nitrogen and oxygen atoms in total. The van der Waals surface area contributed by atoms with Crippen molar-refractivity contribution in [1.82, 2.24) is 4.57 Å². The summed E-state index contributed by atoms with van der Waals surface area (Å²) in [6, 6.07) is 14.3. The van der Waals surface area contributed by atoms with Crippen LogP contribution in [-0.2, 0) is 0 Å². The van der Waals surface area contributed by atoms with Crippen molar-refractivity contribution in [1.29, 1.82) is 0 Å². The Labute approximate surface area is 104 Å². The summed E-state index contributed by atoms with van der Waals surface area (Å²) >= 11 is 0. The molecule has 3 aromatic rings. The Hall–Kier alpha value is -2.55. The quantitative estimate of drug-likeness (QED) is 0.706. The van der Waals surface area contributed by atoms with Crippen molar-refractivity contribution in [3.63, 3.8) is 0 Å². The van der Waals surface area contributed by atoms with Crippen LogP contribution in [0.15, 0.2) is 60.9 Å². The summed E-state index contributed by atoms with van der Waals surface area (Å²) in [5, 5.41) is 11.7. The lowest BCUT2D eigenvalue weighted by molar-refractivity contribution is 0.0958. The fourth-order valence-electron chi connectivity index (χ4n) is 1.99. The number of aromatic nitrogens is 1. The van der Waals surface area contributed by atoms with Gasteiger partial charge in [0.1, 0.15) is 5.75 Å². The summed E-state index contributed by atoms with van der Waals surface area (Å²) < 4.78 is 1.50. The van der Waals surface area contributed by atoms with Crippen molar-refractivity contribution in [2.75, 3.05) is 0 Å². The molecule has 0 bridgehead atoms. The zero-order chi connectivity index (χ0) is 12.5. The van der Waals surface area contributed by atoms with Crippen LogP contribution in [0.2, 0.25) is 0 Å². The monoisotopic (exact) mass is 237 g/mol. The topological polar surface area (TPSA) is 42.2 Å². The van der Waals surface area contributed by atoms with Crippen LogP contribution < -0.4 is 0 Å². The van der Waals surface area contributed by atoms with Crippen molar-refractivity contribution in [3.8, 4) is 5.75 Å². The number of benzene rings is 2. The van der Waals surface area contributed by atoms with Crippen LogP contribution in [0.4, 0.5) is 0 Å². The summed E-state index contributed by atoms with van der Waals surface area (Å²) in [4.78, 5) is 12.2. The highest BCUT2D eigenvalue weighted by Gasteiger charge is 2.12. The molecule has 18 heavy (non-hydrogen) atoms. The number of hydrogen-bond acceptors (Lipinski definition) is 2. The molecule has 0 radical (unpaired) electrons. The maximum absolute atomic E-state index is 12.2. The summed E-state index contributed by atoms with van der Waals surface area (Å²) in [6.07, 6.45) is 3.54. The van der Waals surface area contributed by atoms with Gasteiger partial charge in [-0.05, 0) is 22.9 Å². The highest BCUT2D eigenvalue weighted by molar-refractivity contribution is 6.01. The summed E-state index contributed by atoms with van der Waals surface area (Å²) in [5.74, 6) is -0.232. The molecule has 1 N–H and O–H groups in total. The molecule has 88 valence electrons. The van der Waals surface area contributed by atoms with E-state index in [4.69, 9.17) is 0 Å². The van der Waals surface area contributed by atoms with Gasteiger partial charge in [-0.2, -0.15) is 0 Å². The lowest BCUT2D eigenvalue weighted by atomic mass is 10.2. The zero-order valence-electron chi connectivity index (χ0n) is 9.58. The number of carbonyl (C=O) groups excluding carboxylic acids is 1. The summed E-state index contributed by atoms with van der Waals surface area (Å²) in [7, 11) is 0. The molecule has 0 fully saturated rings. The first-order valence-electron chi connectivity index (χ1n) is 5.65. The molecule has 0 aliphatic rings. The lowest BCUT2D eigenvalue weighted by Gasteiger charge is -2.03. The second-order valence-electron chi connectivity index (χ2n) is 4.12. The Morgan fingerprint density at radius 3 is 2.06 bits per heavy atom. The number of phenols is 1. The van der Waals surface area contributed by atoms with Gasteiger partial charge in [0.15, 0.2) is 0 Å². The Kier molecular flexibility index (Phi) is 2.38. The minimum Gasteiger partial charge on any atom is -0.507 e. The predicted molar refractivity (Wildman–Crippen MR) is 69.8 cm³/mol.